The van der Waals surface area contributed by atoms with E-state index >= 15 is 0 Å². The maximum absolute atomic E-state index is 11.0. The van der Waals surface area contributed by atoms with Gasteiger partial charge in [0.1, 0.15) is 0 Å². The molecular weight excluding hydrogens is 260 g/mol. The van der Waals surface area contributed by atoms with Crippen LogP contribution in [0.15, 0.2) is 30.5 Å². The highest BCUT2D eigenvalue weighted by Gasteiger charge is 2.08. The highest BCUT2D eigenvalue weighted by molar-refractivity contribution is 5.82. The van der Waals surface area contributed by atoms with E-state index < -0.39 is 4.92 Å². The fourth-order valence-corrected chi connectivity index (χ4v) is 2.14. The van der Waals surface area contributed by atoms with Gasteiger partial charge in [-0.05, 0) is 25.0 Å². The number of non-ortho nitro benzene ring substituents is 1. The Morgan fingerprint density at radius 1 is 1.35 bits per heavy atom. The van der Waals surface area contributed by atoms with E-state index in [9.17, 15) is 14.9 Å². The zero-order valence-corrected chi connectivity index (χ0v) is 10.9. The Labute approximate surface area is 115 Å². The summed E-state index contributed by atoms with van der Waals surface area (Å²) in [5.41, 5.74) is 3.15. The van der Waals surface area contributed by atoms with Crippen molar-refractivity contribution >= 4 is 22.5 Å². The van der Waals surface area contributed by atoms with Gasteiger partial charge in [-0.3, -0.25) is 20.3 Å². The van der Waals surface area contributed by atoms with Gasteiger partial charge >= 0.3 is 0 Å². The lowest BCUT2D eigenvalue weighted by atomic mass is 10.2. The number of fused-ring (bicyclic) bond motifs is 1. The maximum atomic E-state index is 11.0. The number of nitrogens with one attached hydrogen (secondary N) is 1. The number of hydrogen-bond acceptors (Lipinski definition) is 4. The molecule has 20 heavy (non-hydrogen) atoms. The highest BCUT2D eigenvalue weighted by Crippen LogP contribution is 2.22. The summed E-state index contributed by atoms with van der Waals surface area (Å²) in [6.45, 7) is 0.763. The van der Waals surface area contributed by atoms with Crippen LogP contribution < -0.4 is 11.3 Å². The maximum Gasteiger partial charge on any atom is 0.270 e. The predicted molar refractivity (Wildman–Crippen MR) is 74.8 cm³/mol. The van der Waals surface area contributed by atoms with E-state index in [2.05, 4.69) is 5.43 Å². The molecule has 0 aliphatic heterocycles. The SMILES string of the molecule is NNC(=O)CCCCn1ccc2cc([N+](=O)[O-])ccc21. The fourth-order valence-electron chi connectivity index (χ4n) is 2.14. The number of hydrazine groups is 1. The Kier molecular flexibility index (Phi) is 4.31. The number of nitro benzene ring substituents is 1. The summed E-state index contributed by atoms with van der Waals surface area (Å²) in [5.74, 6) is 4.83. The van der Waals surface area contributed by atoms with Gasteiger partial charge < -0.3 is 4.57 Å². The molecule has 1 aromatic heterocycles. The van der Waals surface area contributed by atoms with Gasteiger partial charge in [0.15, 0.2) is 0 Å². The molecule has 0 atom stereocenters. The lowest BCUT2D eigenvalue weighted by Gasteiger charge is -2.05. The second-order valence-electron chi connectivity index (χ2n) is 4.53. The predicted octanol–water partition coefficient (Wildman–Crippen LogP) is 1.71. The third kappa shape index (κ3) is 3.12. The fraction of sp³-hybridized carbons (Fsp3) is 0.308. The van der Waals surface area contributed by atoms with Crippen LogP contribution in [0.1, 0.15) is 19.3 Å². The molecule has 0 saturated heterocycles. The van der Waals surface area contributed by atoms with Crippen LogP contribution >= 0.6 is 0 Å². The van der Waals surface area contributed by atoms with Crippen molar-refractivity contribution in [2.24, 2.45) is 5.84 Å². The number of nitro groups is 1. The standard InChI is InChI=1S/C13H16N4O3/c14-15-13(18)3-1-2-7-16-8-6-10-9-11(17(19)20)4-5-12(10)16/h4-6,8-9H,1-3,7,14H2,(H,15,18). The number of aryl methyl sites for hydroxylation is 1. The number of benzene rings is 1. The average molecular weight is 276 g/mol. The number of rotatable bonds is 6. The molecule has 0 unspecified atom stereocenters. The van der Waals surface area contributed by atoms with Gasteiger partial charge in [0.05, 0.1) is 4.92 Å². The van der Waals surface area contributed by atoms with Gasteiger partial charge in [-0.25, -0.2) is 5.84 Å². The van der Waals surface area contributed by atoms with Crippen LogP contribution in [0.25, 0.3) is 10.9 Å². The minimum absolute atomic E-state index is 0.0925. The zero-order chi connectivity index (χ0) is 14.5. The van der Waals surface area contributed by atoms with Crippen LogP contribution in [-0.4, -0.2) is 15.4 Å². The summed E-state index contributed by atoms with van der Waals surface area (Å²) in [6, 6.07) is 6.67. The molecule has 106 valence electrons. The number of nitrogens with two attached hydrogens (primary N) is 1. The number of carbonyl (C=O) groups is 1. The smallest absolute Gasteiger partial charge is 0.270 e. The number of hydrogen-bond donors (Lipinski definition) is 2. The first-order chi connectivity index (χ1) is 9.61. The molecular formula is C13H16N4O3. The second kappa shape index (κ2) is 6.16. The molecule has 0 fully saturated rings. The van der Waals surface area contributed by atoms with E-state index in [-0.39, 0.29) is 11.6 Å². The topological polar surface area (TPSA) is 103 Å². The Bertz CT molecular complexity index is 636. The Balaban J connectivity index is 2.01. The van der Waals surface area contributed by atoms with Gasteiger partial charge in [0.25, 0.3) is 5.69 Å². The molecule has 7 heteroatoms. The number of unbranched alkanes of at least 4 members (excludes halogenated alkanes) is 1. The Morgan fingerprint density at radius 3 is 2.85 bits per heavy atom. The van der Waals surface area contributed by atoms with Crippen molar-refractivity contribution in [3.05, 3.63) is 40.6 Å². The summed E-state index contributed by atoms with van der Waals surface area (Å²) in [6.07, 6.45) is 3.89. The third-order valence-corrected chi connectivity index (χ3v) is 3.18. The summed E-state index contributed by atoms with van der Waals surface area (Å²) in [7, 11) is 0. The van der Waals surface area contributed by atoms with Crippen LogP contribution in [0, 0.1) is 10.1 Å². The summed E-state index contributed by atoms with van der Waals surface area (Å²) < 4.78 is 2.03. The Hall–Kier alpha value is -2.41. The minimum atomic E-state index is -0.401. The average Bonchev–Trinajstić information content (AvgIpc) is 2.85. The van der Waals surface area contributed by atoms with Crippen LogP contribution in [0.2, 0.25) is 0 Å². The van der Waals surface area contributed by atoms with Crippen LogP contribution in [0.4, 0.5) is 5.69 Å². The van der Waals surface area contributed by atoms with E-state index in [0.29, 0.717) is 6.42 Å². The third-order valence-electron chi connectivity index (χ3n) is 3.18. The van der Waals surface area contributed by atoms with Gasteiger partial charge in [-0.15, -0.1) is 0 Å². The van der Waals surface area contributed by atoms with E-state index in [0.717, 1.165) is 30.3 Å². The van der Waals surface area contributed by atoms with Crippen molar-refractivity contribution in [3.63, 3.8) is 0 Å². The molecule has 2 aromatic rings. The molecule has 1 aromatic carbocycles. The summed E-state index contributed by atoms with van der Waals surface area (Å²) >= 11 is 0. The van der Waals surface area contributed by atoms with Crippen molar-refractivity contribution in [2.45, 2.75) is 25.8 Å². The highest BCUT2D eigenvalue weighted by atomic mass is 16.6. The molecule has 0 bridgehead atoms. The molecule has 1 amide bonds. The van der Waals surface area contributed by atoms with Crippen molar-refractivity contribution in [1.29, 1.82) is 0 Å². The van der Waals surface area contributed by atoms with Crippen molar-refractivity contribution in [1.82, 2.24) is 9.99 Å². The van der Waals surface area contributed by atoms with Crippen molar-refractivity contribution < 1.29 is 9.72 Å². The second-order valence-corrected chi connectivity index (χ2v) is 4.53. The number of amides is 1. The zero-order valence-electron chi connectivity index (χ0n) is 10.9. The molecule has 7 nitrogen and oxygen atoms in total. The first kappa shape index (κ1) is 14.0. The first-order valence-electron chi connectivity index (χ1n) is 6.34. The van der Waals surface area contributed by atoms with E-state index in [4.69, 9.17) is 5.84 Å². The molecule has 0 aliphatic carbocycles. The van der Waals surface area contributed by atoms with Crippen molar-refractivity contribution in [2.75, 3.05) is 0 Å². The minimum Gasteiger partial charge on any atom is -0.347 e. The monoisotopic (exact) mass is 276 g/mol. The number of carbonyl (C=O) groups excluding carboxylic acids is 1. The van der Waals surface area contributed by atoms with Crippen LogP contribution in [0.5, 0.6) is 0 Å². The molecule has 1 heterocycles. The Morgan fingerprint density at radius 2 is 2.15 bits per heavy atom. The van der Waals surface area contributed by atoms with Gasteiger partial charge in [-0.1, -0.05) is 0 Å². The molecule has 0 aliphatic rings. The van der Waals surface area contributed by atoms with Crippen molar-refractivity contribution in [3.8, 4) is 0 Å². The lowest BCUT2D eigenvalue weighted by molar-refractivity contribution is -0.384. The van der Waals surface area contributed by atoms with Gasteiger partial charge in [0.2, 0.25) is 5.91 Å². The summed E-state index contributed by atoms with van der Waals surface area (Å²) in [4.78, 5) is 21.3. The number of nitrogens with zero attached hydrogens (tertiary/aromatic N) is 2. The number of aromatic nitrogens is 1. The van der Waals surface area contributed by atoms with E-state index in [1.807, 2.05) is 16.8 Å². The molecule has 0 saturated carbocycles. The van der Waals surface area contributed by atoms with E-state index in [1.165, 1.54) is 6.07 Å². The molecule has 2 rings (SSSR count). The molecule has 0 spiro atoms. The molecule has 3 N–H and O–H groups in total. The van der Waals surface area contributed by atoms with Gasteiger partial charge in [0, 0.05) is 42.2 Å². The molecule has 0 radical (unpaired) electrons. The lowest BCUT2D eigenvalue weighted by Crippen LogP contribution is -2.29. The first-order valence-corrected chi connectivity index (χ1v) is 6.34. The van der Waals surface area contributed by atoms with E-state index in [1.54, 1.807) is 12.1 Å². The van der Waals surface area contributed by atoms with Crippen LogP contribution in [-0.2, 0) is 11.3 Å². The van der Waals surface area contributed by atoms with Crippen LogP contribution in [0.3, 0.4) is 0 Å². The quantitative estimate of drug-likeness (QED) is 0.275. The normalized spacial score (nSPS) is 10.7. The summed E-state index contributed by atoms with van der Waals surface area (Å²) in [5, 5.41) is 11.6. The van der Waals surface area contributed by atoms with Gasteiger partial charge in [-0.2, -0.15) is 0 Å². The largest absolute Gasteiger partial charge is 0.347 e.